The molecule has 0 spiro atoms. The zero-order chi connectivity index (χ0) is 15.4. The molecule has 0 aliphatic heterocycles. The number of aromatic nitrogens is 2. The third kappa shape index (κ3) is 3.48. The Kier molecular flexibility index (Phi) is 4.73. The molecule has 0 saturated carbocycles. The minimum atomic E-state index is -0.506. The summed E-state index contributed by atoms with van der Waals surface area (Å²) in [5.74, 6) is 0.562. The van der Waals surface area contributed by atoms with Gasteiger partial charge in [-0.25, -0.2) is 14.4 Å². The van der Waals surface area contributed by atoms with E-state index >= 15 is 0 Å². The minimum absolute atomic E-state index is 0.131. The third-order valence-electron chi connectivity index (χ3n) is 3.25. The lowest BCUT2D eigenvalue weighted by Gasteiger charge is -2.13. The van der Waals surface area contributed by atoms with E-state index in [2.05, 4.69) is 29.1 Å². The van der Waals surface area contributed by atoms with Crippen LogP contribution in [-0.4, -0.2) is 21.6 Å². The fourth-order valence-corrected chi connectivity index (χ4v) is 2.24. The molecule has 0 bridgehead atoms. The topological polar surface area (TPSA) is 58.0 Å². The zero-order valence-electron chi connectivity index (χ0n) is 12.6. The Morgan fingerprint density at radius 1 is 1.19 bits per heavy atom. The molecule has 2 aromatic rings. The summed E-state index contributed by atoms with van der Waals surface area (Å²) in [7, 11) is 0. The molecule has 0 saturated heterocycles. The standard InChI is InChI=1S/C16H20FN3O/c1-4-6-18-16-14(5-2)10(3)19-15(20-16)11-7-12(17)9-13(21)8-11/h7-9,21H,4-6H2,1-3H3,(H,18,19,20). The van der Waals surface area contributed by atoms with Gasteiger partial charge in [0.15, 0.2) is 5.82 Å². The van der Waals surface area contributed by atoms with Crippen LogP contribution in [0.2, 0.25) is 0 Å². The van der Waals surface area contributed by atoms with Crippen molar-refractivity contribution in [2.24, 2.45) is 0 Å². The summed E-state index contributed by atoms with van der Waals surface area (Å²) in [6.45, 7) is 6.87. The number of anilines is 1. The number of rotatable bonds is 5. The normalized spacial score (nSPS) is 10.7. The summed E-state index contributed by atoms with van der Waals surface area (Å²) in [6.07, 6.45) is 1.81. The molecule has 0 fully saturated rings. The number of benzene rings is 1. The molecule has 0 unspecified atom stereocenters. The number of halogens is 1. The first-order valence-corrected chi connectivity index (χ1v) is 7.16. The molecular weight excluding hydrogens is 269 g/mol. The molecule has 5 heteroatoms. The van der Waals surface area contributed by atoms with E-state index in [9.17, 15) is 9.50 Å². The lowest BCUT2D eigenvalue weighted by atomic mass is 10.1. The quantitative estimate of drug-likeness (QED) is 0.881. The van der Waals surface area contributed by atoms with E-state index < -0.39 is 5.82 Å². The largest absolute Gasteiger partial charge is 0.508 e. The lowest BCUT2D eigenvalue weighted by molar-refractivity contribution is 0.469. The van der Waals surface area contributed by atoms with Gasteiger partial charge in [-0.3, -0.25) is 0 Å². The molecule has 0 aliphatic carbocycles. The zero-order valence-corrected chi connectivity index (χ0v) is 12.6. The molecule has 4 nitrogen and oxygen atoms in total. The van der Waals surface area contributed by atoms with Crippen molar-refractivity contribution in [1.82, 2.24) is 9.97 Å². The van der Waals surface area contributed by atoms with Crippen LogP contribution in [0.15, 0.2) is 18.2 Å². The van der Waals surface area contributed by atoms with Gasteiger partial charge in [0.1, 0.15) is 17.4 Å². The molecule has 0 amide bonds. The highest BCUT2D eigenvalue weighted by Crippen LogP contribution is 2.26. The van der Waals surface area contributed by atoms with Gasteiger partial charge in [0, 0.05) is 29.4 Å². The summed E-state index contributed by atoms with van der Waals surface area (Å²) in [5.41, 5.74) is 2.40. The average molecular weight is 289 g/mol. The summed E-state index contributed by atoms with van der Waals surface area (Å²) < 4.78 is 13.4. The van der Waals surface area contributed by atoms with E-state index in [-0.39, 0.29) is 5.75 Å². The highest BCUT2D eigenvalue weighted by molar-refractivity contribution is 5.61. The SMILES string of the molecule is CCCNc1nc(-c2cc(O)cc(F)c2)nc(C)c1CC. The maximum Gasteiger partial charge on any atom is 0.162 e. The van der Waals surface area contributed by atoms with Crippen LogP contribution >= 0.6 is 0 Å². The highest BCUT2D eigenvalue weighted by Gasteiger charge is 2.12. The van der Waals surface area contributed by atoms with Gasteiger partial charge in [0.2, 0.25) is 0 Å². The molecule has 0 atom stereocenters. The lowest BCUT2D eigenvalue weighted by Crippen LogP contribution is -2.09. The molecule has 1 aromatic carbocycles. The van der Waals surface area contributed by atoms with Crippen LogP contribution in [0.1, 0.15) is 31.5 Å². The summed E-state index contributed by atoms with van der Waals surface area (Å²) in [4.78, 5) is 8.93. The van der Waals surface area contributed by atoms with Crippen molar-refractivity contribution in [2.75, 3.05) is 11.9 Å². The number of hydrogen-bond acceptors (Lipinski definition) is 4. The van der Waals surface area contributed by atoms with Crippen LogP contribution in [0.4, 0.5) is 10.2 Å². The Morgan fingerprint density at radius 2 is 1.95 bits per heavy atom. The monoisotopic (exact) mass is 289 g/mol. The fraction of sp³-hybridized carbons (Fsp3) is 0.375. The van der Waals surface area contributed by atoms with Gasteiger partial charge in [-0.15, -0.1) is 0 Å². The van der Waals surface area contributed by atoms with Crippen LogP contribution in [0.3, 0.4) is 0 Å². The average Bonchev–Trinajstić information content (AvgIpc) is 2.43. The Balaban J connectivity index is 2.51. The minimum Gasteiger partial charge on any atom is -0.508 e. The van der Waals surface area contributed by atoms with Gasteiger partial charge in [-0.2, -0.15) is 0 Å². The summed E-state index contributed by atoms with van der Waals surface area (Å²) in [5, 5.41) is 12.8. The first-order valence-electron chi connectivity index (χ1n) is 7.16. The first kappa shape index (κ1) is 15.2. The van der Waals surface area contributed by atoms with Crippen molar-refractivity contribution in [3.05, 3.63) is 35.3 Å². The van der Waals surface area contributed by atoms with Gasteiger partial charge in [0.05, 0.1) is 0 Å². The van der Waals surface area contributed by atoms with Crippen LogP contribution in [0, 0.1) is 12.7 Å². The Labute approximate surface area is 124 Å². The molecule has 1 heterocycles. The third-order valence-corrected chi connectivity index (χ3v) is 3.25. The van der Waals surface area contributed by atoms with Crippen molar-refractivity contribution in [1.29, 1.82) is 0 Å². The summed E-state index contributed by atoms with van der Waals surface area (Å²) in [6, 6.07) is 3.85. The van der Waals surface area contributed by atoms with Gasteiger partial charge in [0.25, 0.3) is 0 Å². The molecule has 2 rings (SSSR count). The van der Waals surface area contributed by atoms with E-state index in [1.165, 1.54) is 12.1 Å². The maximum atomic E-state index is 13.4. The van der Waals surface area contributed by atoms with Gasteiger partial charge < -0.3 is 10.4 Å². The second-order valence-electron chi connectivity index (χ2n) is 4.94. The van der Waals surface area contributed by atoms with Crippen LogP contribution in [0.25, 0.3) is 11.4 Å². The summed E-state index contributed by atoms with van der Waals surface area (Å²) >= 11 is 0. The molecule has 112 valence electrons. The maximum absolute atomic E-state index is 13.4. The van der Waals surface area contributed by atoms with E-state index in [4.69, 9.17) is 0 Å². The van der Waals surface area contributed by atoms with E-state index in [1.807, 2.05) is 6.92 Å². The molecule has 2 N–H and O–H groups in total. The number of nitrogens with one attached hydrogen (secondary N) is 1. The molecule has 0 aliphatic rings. The molecule has 1 aromatic heterocycles. The van der Waals surface area contributed by atoms with E-state index in [0.717, 1.165) is 42.5 Å². The molecule has 0 radical (unpaired) electrons. The second kappa shape index (κ2) is 6.52. The van der Waals surface area contributed by atoms with Crippen molar-refractivity contribution in [3.63, 3.8) is 0 Å². The molecular formula is C16H20FN3O. The number of hydrogen-bond donors (Lipinski definition) is 2. The second-order valence-corrected chi connectivity index (χ2v) is 4.94. The number of aromatic hydroxyl groups is 1. The van der Waals surface area contributed by atoms with E-state index in [0.29, 0.717) is 11.4 Å². The van der Waals surface area contributed by atoms with Gasteiger partial charge >= 0.3 is 0 Å². The first-order chi connectivity index (χ1) is 10.0. The van der Waals surface area contributed by atoms with Crippen molar-refractivity contribution in [2.45, 2.75) is 33.6 Å². The van der Waals surface area contributed by atoms with Crippen LogP contribution in [0.5, 0.6) is 5.75 Å². The smallest absolute Gasteiger partial charge is 0.162 e. The number of nitrogens with zero attached hydrogens (tertiary/aromatic N) is 2. The van der Waals surface area contributed by atoms with Crippen molar-refractivity contribution >= 4 is 5.82 Å². The fourth-order valence-electron chi connectivity index (χ4n) is 2.24. The van der Waals surface area contributed by atoms with Crippen molar-refractivity contribution in [3.8, 4) is 17.1 Å². The predicted molar refractivity (Wildman–Crippen MR) is 82.0 cm³/mol. The van der Waals surface area contributed by atoms with Gasteiger partial charge in [-0.1, -0.05) is 13.8 Å². The van der Waals surface area contributed by atoms with Gasteiger partial charge in [-0.05, 0) is 31.9 Å². The predicted octanol–water partition coefficient (Wildman–Crippen LogP) is 3.68. The molecule has 21 heavy (non-hydrogen) atoms. The van der Waals surface area contributed by atoms with Crippen LogP contribution < -0.4 is 5.32 Å². The van der Waals surface area contributed by atoms with E-state index in [1.54, 1.807) is 0 Å². The number of phenolic OH excluding ortho intramolecular Hbond substituents is 1. The van der Waals surface area contributed by atoms with Crippen LogP contribution in [-0.2, 0) is 6.42 Å². The Morgan fingerprint density at radius 3 is 2.57 bits per heavy atom. The van der Waals surface area contributed by atoms with Crippen molar-refractivity contribution < 1.29 is 9.50 Å². The number of aryl methyl sites for hydroxylation is 1. The Bertz CT molecular complexity index is 623. The highest BCUT2D eigenvalue weighted by atomic mass is 19.1. The Hall–Kier alpha value is -2.17. The number of phenols is 1.